The van der Waals surface area contributed by atoms with Crippen LogP contribution in [-0.4, -0.2) is 14.1 Å². The minimum absolute atomic E-state index is 0.826. The second-order valence-corrected chi connectivity index (χ2v) is 6.92. The number of para-hydroxylation sites is 2. The first-order chi connectivity index (χ1) is 9.28. The van der Waals surface area contributed by atoms with E-state index in [1.165, 1.54) is 0 Å². The van der Waals surface area contributed by atoms with Crippen LogP contribution in [0.2, 0.25) is 0 Å². The summed E-state index contributed by atoms with van der Waals surface area (Å²) in [5.74, 6) is 0. The summed E-state index contributed by atoms with van der Waals surface area (Å²) < 4.78 is 0. The Labute approximate surface area is 134 Å². The van der Waals surface area contributed by atoms with E-state index in [-0.39, 0.29) is 0 Å². The van der Waals surface area contributed by atoms with Gasteiger partial charge >= 0.3 is 37.9 Å². The molecule has 0 atom stereocenters. The van der Waals surface area contributed by atoms with E-state index in [2.05, 4.69) is 10.6 Å². The van der Waals surface area contributed by atoms with Crippen molar-refractivity contribution in [1.29, 1.82) is 0 Å². The number of rotatable bonds is 2. The maximum absolute atomic E-state index is 4.93. The molecule has 0 aliphatic rings. The predicted molar refractivity (Wildman–Crippen MR) is 82.5 cm³/mol. The third kappa shape index (κ3) is 11.1. The second kappa shape index (κ2) is 13.9. The van der Waals surface area contributed by atoms with E-state index in [4.69, 9.17) is 17.0 Å². The van der Waals surface area contributed by atoms with Gasteiger partial charge in [0.2, 0.25) is 0 Å². The van der Waals surface area contributed by atoms with E-state index in [1.807, 2.05) is 60.7 Å². The van der Waals surface area contributed by atoms with Crippen LogP contribution in [0.5, 0.6) is 0 Å². The molecule has 0 bridgehead atoms. The van der Waals surface area contributed by atoms with Gasteiger partial charge < -0.3 is 10.6 Å². The van der Waals surface area contributed by atoms with Gasteiger partial charge in [0.05, 0.1) is 0 Å². The summed E-state index contributed by atoms with van der Waals surface area (Å²) in [4.78, 5) is 0. The van der Waals surface area contributed by atoms with Crippen molar-refractivity contribution in [1.82, 2.24) is 0 Å². The zero-order chi connectivity index (χ0) is 14.3. The molecular weight excluding hydrogens is 358 g/mol. The van der Waals surface area contributed by atoms with Gasteiger partial charge in [-0.2, -0.15) is 0 Å². The number of hydrogen-bond acceptors (Lipinski definition) is 0. The number of nitrogens with zero attached hydrogens (tertiary/aromatic N) is 2. The Morgan fingerprint density at radius 1 is 0.684 bits per heavy atom. The van der Waals surface area contributed by atoms with Crippen LogP contribution in [0.15, 0.2) is 60.7 Å². The Bertz CT molecular complexity index is 359. The first-order valence-corrected chi connectivity index (χ1v) is 11.9. The van der Waals surface area contributed by atoms with E-state index in [0.29, 0.717) is 0 Å². The fraction of sp³-hybridized carbons (Fsp3) is 0.143. The van der Waals surface area contributed by atoms with Gasteiger partial charge in [-0.05, 0) is 0 Å². The number of hydrogen-bond donors (Lipinski definition) is 0. The number of benzene rings is 2. The molecule has 0 spiro atoms. The number of halogens is 2. The molecule has 100 valence electrons. The molecule has 19 heavy (non-hydrogen) atoms. The Kier molecular flexibility index (Phi) is 13.6. The Morgan fingerprint density at radius 3 is 1.11 bits per heavy atom. The Hall–Kier alpha value is -0.497. The van der Waals surface area contributed by atoms with Gasteiger partial charge in [0.1, 0.15) is 0 Å². The van der Waals surface area contributed by atoms with Crippen molar-refractivity contribution in [3.05, 3.63) is 71.3 Å². The van der Waals surface area contributed by atoms with Crippen molar-refractivity contribution < 1.29 is 20.8 Å². The van der Waals surface area contributed by atoms with Gasteiger partial charge in [0.25, 0.3) is 0 Å². The average Bonchev–Trinajstić information content (AvgIpc) is 2.50. The summed E-state index contributed by atoms with van der Waals surface area (Å²) in [5, 5.41) is 7.94. The maximum atomic E-state index is 4.93. The monoisotopic (exact) mass is 372 g/mol. The van der Waals surface area contributed by atoms with Crippen LogP contribution < -0.4 is 0 Å². The molecule has 0 saturated heterocycles. The molecule has 2 rings (SSSR count). The molecular formula is C14H16Cl2N2Zr. The summed E-state index contributed by atoms with van der Waals surface area (Å²) in [6.45, 7) is 0. The van der Waals surface area contributed by atoms with Crippen molar-refractivity contribution in [2.24, 2.45) is 0 Å². The van der Waals surface area contributed by atoms with Crippen molar-refractivity contribution in [3.8, 4) is 0 Å². The second-order valence-electron chi connectivity index (χ2n) is 3.19. The van der Waals surface area contributed by atoms with Crippen molar-refractivity contribution >= 4 is 28.4 Å². The topological polar surface area (TPSA) is 28.2 Å². The SMILES string of the molecule is C[N-]c1ccccc1.C[N-]c1ccccc1.[Cl][Zr+2][Cl]. The summed E-state index contributed by atoms with van der Waals surface area (Å²) in [6, 6.07) is 19.7. The zero-order valence-electron chi connectivity index (χ0n) is 10.9. The van der Waals surface area contributed by atoms with E-state index in [9.17, 15) is 0 Å². The van der Waals surface area contributed by atoms with Crippen molar-refractivity contribution in [3.63, 3.8) is 0 Å². The normalized spacial score (nSPS) is 7.79. The van der Waals surface area contributed by atoms with E-state index in [1.54, 1.807) is 14.1 Å². The van der Waals surface area contributed by atoms with Crippen molar-refractivity contribution in [2.45, 2.75) is 0 Å². The van der Waals surface area contributed by atoms with Gasteiger partial charge in [-0.3, -0.25) is 0 Å². The van der Waals surface area contributed by atoms with Gasteiger partial charge in [0.15, 0.2) is 0 Å². The molecule has 0 amide bonds. The molecule has 0 N–H and O–H groups in total. The quantitative estimate of drug-likeness (QED) is 0.615. The molecule has 0 aliphatic carbocycles. The molecule has 0 unspecified atom stereocenters. The minimum atomic E-state index is -0.826. The fourth-order valence-corrected chi connectivity index (χ4v) is 1.15. The van der Waals surface area contributed by atoms with Crippen LogP contribution in [0.3, 0.4) is 0 Å². The fourth-order valence-electron chi connectivity index (χ4n) is 1.15. The van der Waals surface area contributed by atoms with Gasteiger partial charge in [-0.15, -0.1) is 25.5 Å². The third-order valence-electron chi connectivity index (χ3n) is 2.03. The van der Waals surface area contributed by atoms with Crippen LogP contribution in [0, 0.1) is 0 Å². The van der Waals surface area contributed by atoms with Crippen LogP contribution in [0.25, 0.3) is 10.6 Å². The molecule has 2 aromatic rings. The van der Waals surface area contributed by atoms with Crippen molar-refractivity contribution in [2.75, 3.05) is 14.1 Å². The summed E-state index contributed by atoms with van der Waals surface area (Å²) >= 11 is -0.826. The average molecular weight is 374 g/mol. The molecule has 0 saturated carbocycles. The Morgan fingerprint density at radius 2 is 0.947 bits per heavy atom. The molecule has 2 nitrogen and oxygen atoms in total. The van der Waals surface area contributed by atoms with E-state index in [0.717, 1.165) is 11.4 Å². The van der Waals surface area contributed by atoms with E-state index < -0.39 is 20.8 Å². The molecule has 0 aliphatic heterocycles. The molecule has 0 heterocycles. The summed E-state index contributed by atoms with van der Waals surface area (Å²) in [5.41, 5.74) is 2.07. The van der Waals surface area contributed by atoms with E-state index >= 15 is 0 Å². The predicted octanol–water partition coefficient (Wildman–Crippen LogP) is 6.02. The van der Waals surface area contributed by atoms with Gasteiger partial charge in [0, 0.05) is 0 Å². The molecule has 0 aromatic heterocycles. The Balaban J connectivity index is 0.000000284. The van der Waals surface area contributed by atoms with Crippen LogP contribution in [-0.2, 0) is 20.8 Å². The molecule has 5 heteroatoms. The molecule has 2 aromatic carbocycles. The molecule has 0 radical (unpaired) electrons. The van der Waals surface area contributed by atoms with Crippen LogP contribution in [0.4, 0.5) is 11.4 Å². The molecule has 0 fully saturated rings. The van der Waals surface area contributed by atoms with Gasteiger partial charge in [-0.1, -0.05) is 60.7 Å². The van der Waals surface area contributed by atoms with Gasteiger partial charge in [-0.25, -0.2) is 0 Å². The first kappa shape index (κ1) is 18.5. The van der Waals surface area contributed by atoms with Crippen LogP contribution >= 0.6 is 17.0 Å². The summed E-state index contributed by atoms with van der Waals surface area (Å²) in [7, 11) is 13.4. The first-order valence-electron chi connectivity index (χ1n) is 5.54. The third-order valence-corrected chi connectivity index (χ3v) is 2.03. The zero-order valence-corrected chi connectivity index (χ0v) is 14.9. The standard InChI is InChI=1S/2C7H8N.2ClH.Zr/c2*1-8-7-5-3-2-4-6-7;;;/h2*2-6H,1H3;2*1H;/q2*-1;;;+4/p-2. The van der Waals surface area contributed by atoms with Crippen LogP contribution in [0.1, 0.15) is 0 Å². The summed E-state index contributed by atoms with van der Waals surface area (Å²) in [6.07, 6.45) is 0.